The zero-order valence-electron chi connectivity index (χ0n) is 11.1. The average Bonchev–Trinajstić information content (AvgIpc) is 2.46. The molecule has 0 saturated heterocycles. The molecule has 0 radical (unpaired) electrons. The molecule has 0 spiro atoms. The van der Waals surface area contributed by atoms with E-state index in [2.05, 4.69) is 0 Å². The molecule has 4 nitrogen and oxygen atoms in total. The van der Waals surface area contributed by atoms with E-state index in [0.717, 1.165) is 16.2 Å². The van der Waals surface area contributed by atoms with Crippen molar-refractivity contribution in [1.29, 1.82) is 0 Å². The standard InChI is InChI=1S/C15H16N2O2S/c1-19-11-6-7-13(16)14(8-11)20-9-10-4-2-3-5-12(10)15(17)18/h2-8H,9,16H2,1H3,(H2,17,18). The maximum Gasteiger partial charge on any atom is 0.249 e. The fourth-order valence-corrected chi connectivity index (χ4v) is 2.81. The van der Waals surface area contributed by atoms with Crippen molar-refractivity contribution in [1.82, 2.24) is 0 Å². The van der Waals surface area contributed by atoms with Crippen molar-refractivity contribution in [3.63, 3.8) is 0 Å². The molecule has 0 heterocycles. The predicted octanol–water partition coefficient (Wildman–Crippen LogP) is 2.67. The number of carbonyl (C=O) groups excluding carboxylic acids is 1. The molecule has 20 heavy (non-hydrogen) atoms. The van der Waals surface area contributed by atoms with Crippen LogP contribution in [0.25, 0.3) is 0 Å². The molecule has 0 aliphatic rings. The number of anilines is 1. The summed E-state index contributed by atoms with van der Waals surface area (Å²) in [6.45, 7) is 0. The molecule has 1 amide bonds. The molecule has 0 aromatic heterocycles. The van der Waals surface area contributed by atoms with Crippen LogP contribution in [0.2, 0.25) is 0 Å². The third-order valence-electron chi connectivity index (χ3n) is 2.89. The summed E-state index contributed by atoms with van der Waals surface area (Å²) in [7, 11) is 1.61. The van der Waals surface area contributed by atoms with Crippen LogP contribution in [-0.2, 0) is 5.75 Å². The SMILES string of the molecule is COc1ccc(N)c(SCc2ccccc2C(N)=O)c1. The van der Waals surface area contributed by atoms with Crippen molar-refractivity contribution in [2.24, 2.45) is 5.73 Å². The predicted molar refractivity (Wildman–Crippen MR) is 81.9 cm³/mol. The molecule has 2 aromatic carbocycles. The van der Waals surface area contributed by atoms with Crippen LogP contribution in [0, 0.1) is 0 Å². The normalized spacial score (nSPS) is 10.2. The quantitative estimate of drug-likeness (QED) is 0.655. The molecule has 4 N–H and O–H groups in total. The van der Waals surface area contributed by atoms with Crippen molar-refractivity contribution < 1.29 is 9.53 Å². The number of nitrogen functional groups attached to an aromatic ring is 1. The van der Waals surface area contributed by atoms with E-state index in [-0.39, 0.29) is 0 Å². The Kier molecular flexibility index (Phi) is 4.53. The van der Waals surface area contributed by atoms with Crippen LogP contribution in [0.15, 0.2) is 47.4 Å². The molecule has 2 aromatic rings. The molecule has 0 bridgehead atoms. The van der Waals surface area contributed by atoms with Gasteiger partial charge in [-0.2, -0.15) is 0 Å². The summed E-state index contributed by atoms with van der Waals surface area (Å²) in [5.41, 5.74) is 13.4. The highest BCUT2D eigenvalue weighted by Crippen LogP contribution is 2.32. The van der Waals surface area contributed by atoms with E-state index in [1.165, 1.54) is 0 Å². The number of rotatable bonds is 5. The van der Waals surface area contributed by atoms with Gasteiger partial charge in [0.1, 0.15) is 5.75 Å². The number of hydrogen-bond donors (Lipinski definition) is 2. The van der Waals surface area contributed by atoms with Gasteiger partial charge in [0.25, 0.3) is 0 Å². The Bertz CT molecular complexity index is 629. The van der Waals surface area contributed by atoms with Crippen LogP contribution >= 0.6 is 11.8 Å². The van der Waals surface area contributed by atoms with Crippen molar-refractivity contribution >= 4 is 23.4 Å². The third-order valence-corrected chi connectivity index (χ3v) is 4.01. The third kappa shape index (κ3) is 3.24. The number of ether oxygens (including phenoxy) is 1. The van der Waals surface area contributed by atoms with E-state index < -0.39 is 5.91 Å². The molecule has 5 heteroatoms. The minimum atomic E-state index is -0.417. The highest BCUT2D eigenvalue weighted by atomic mass is 32.2. The number of nitrogens with two attached hydrogens (primary N) is 2. The summed E-state index contributed by atoms with van der Waals surface area (Å²) in [4.78, 5) is 12.3. The van der Waals surface area contributed by atoms with Crippen LogP contribution in [0.4, 0.5) is 5.69 Å². The minimum absolute atomic E-state index is 0.417. The second-order valence-electron chi connectivity index (χ2n) is 4.21. The summed E-state index contributed by atoms with van der Waals surface area (Å²) in [5.74, 6) is 0.959. The Morgan fingerprint density at radius 1 is 1.25 bits per heavy atom. The molecular formula is C15H16N2O2S. The highest BCUT2D eigenvalue weighted by Gasteiger charge is 2.09. The van der Waals surface area contributed by atoms with E-state index in [1.54, 1.807) is 37.1 Å². The van der Waals surface area contributed by atoms with Gasteiger partial charge in [0.15, 0.2) is 0 Å². The summed E-state index contributed by atoms with van der Waals surface area (Å²) >= 11 is 1.55. The van der Waals surface area contributed by atoms with Crippen LogP contribution in [-0.4, -0.2) is 13.0 Å². The Morgan fingerprint density at radius 2 is 2.00 bits per heavy atom. The number of methoxy groups -OCH3 is 1. The van der Waals surface area contributed by atoms with Crippen LogP contribution < -0.4 is 16.2 Å². The van der Waals surface area contributed by atoms with Crippen molar-refractivity contribution in [3.05, 3.63) is 53.6 Å². The Hall–Kier alpha value is -2.14. The number of carbonyl (C=O) groups is 1. The maximum atomic E-state index is 11.4. The first-order valence-corrected chi connectivity index (χ1v) is 7.04. The van der Waals surface area contributed by atoms with Gasteiger partial charge in [-0.05, 0) is 29.8 Å². The molecule has 0 saturated carbocycles. The molecule has 0 aliphatic carbocycles. The smallest absolute Gasteiger partial charge is 0.249 e. The number of amides is 1. The van der Waals surface area contributed by atoms with E-state index >= 15 is 0 Å². The van der Waals surface area contributed by atoms with Gasteiger partial charge in [0, 0.05) is 21.9 Å². The molecular weight excluding hydrogens is 272 g/mol. The number of primary amides is 1. The van der Waals surface area contributed by atoms with E-state index in [0.29, 0.717) is 17.0 Å². The lowest BCUT2D eigenvalue weighted by Gasteiger charge is -2.09. The van der Waals surface area contributed by atoms with Gasteiger partial charge in [-0.25, -0.2) is 0 Å². The van der Waals surface area contributed by atoms with Gasteiger partial charge in [-0.3, -0.25) is 4.79 Å². The summed E-state index contributed by atoms with van der Waals surface area (Å²) < 4.78 is 5.18. The molecule has 2 rings (SSSR count). The lowest BCUT2D eigenvalue weighted by atomic mass is 10.1. The molecule has 0 aliphatic heterocycles. The first kappa shape index (κ1) is 14.3. The monoisotopic (exact) mass is 288 g/mol. The van der Waals surface area contributed by atoms with Crippen molar-refractivity contribution in [2.45, 2.75) is 10.6 Å². The topological polar surface area (TPSA) is 78.3 Å². The van der Waals surface area contributed by atoms with Crippen LogP contribution in [0.1, 0.15) is 15.9 Å². The summed E-state index contributed by atoms with van der Waals surface area (Å²) in [5, 5.41) is 0. The first-order chi connectivity index (χ1) is 9.61. The van der Waals surface area contributed by atoms with Crippen LogP contribution in [0.5, 0.6) is 5.75 Å². The highest BCUT2D eigenvalue weighted by molar-refractivity contribution is 7.98. The van der Waals surface area contributed by atoms with Gasteiger partial charge >= 0.3 is 0 Å². The van der Waals surface area contributed by atoms with Crippen molar-refractivity contribution in [3.8, 4) is 5.75 Å². The summed E-state index contributed by atoms with van der Waals surface area (Å²) in [6.07, 6.45) is 0. The minimum Gasteiger partial charge on any atom is -0.497 e. The maximum absolute atomic E-state index is 11.4. The lowest BCUT2D eigenvalue weighted by Crippen LogP contribution is -2.13. The Morgan fingerprint density at radius 3 is 2.70 bits per heavy atom. The van der Waals surface area contributed by atoms with E-state index in [9.17, 15) is 4.79 Å². The number of hydrogen-bond acceptors (Lipinski definition) is 4. The van der Waals surface area contributed by atoms with Gasteiger partial charge in [-0.15, -0.1) is 11.8 Å². The average molecular weight is 288 g/mol. The molecule has 0 atom stereocenters. The van der Waals surface area contributed by atoms with Gasteiger partial charge in [0.05, 0.1) is 7.11 Å². The Balaban J connectivity index is 2.19. The number of thioether (sulfide) groups is 1. The van der Waals surface area contributed by atoms with Gasteiger partial charge < -0.3 is 16.2 Å². The first-order valence-electron chi connectivity index (χ1n) is 6.06. The van der Waals surface area contributed by atoms with Gasteiger partial charge in [0.2, 0.25) is 5.91 Å². The molecule has 0 unspecified atom stereocenters. The fourth-order valence-electron chi connectivity index (χ4n) is 1.81. The second-order valence-corrected chi connectivity index (χ2v) is 5.23. The zero-order valence-corrected chi connectivity index (χ0v) is 11.9. The van der Waals surface area contributed by atoms with E-state index in [4.69, 9.17) is 16.2 Å². The van der Waals surface area contributed by atoms with E-state index in [1.807, 2.05) is 24.3 Å². The summed E-state index contributed by atoms with van der Waals surface area (Å²) in [6, 6.07) is 12.8. The van der Waals surface area contributed by atoms with Crippen molar-refractivity contribution in [2.75, 3.05) is 12.8 Å². The molecule has 104 valence electrons. The Labute approximate surface area is 122 Å². The second kappa shape index (κ2) is 6.34. The lowest BCUT2D eigenvalue weighted by molar-refractivity contribution is 0.0999. The molecule has 0 fully saturated rings. The van der Waals surface area contributed by atoms with Gasteiger partial charge in [-0.1, -0.05) is 18.2 Å². The fraction of sp³-hybridized carbons (Fsp3) is 0.133. The van der Waals surface area contributed by atoms with Crippen LogP contribution in [0.3, 0.4) is 0 Å². The zero-order chi connectivity index (χ0) is 14.5. The number of benzene rings is 2. The largest absolute Gasteiger partial charge is 0.497 e.